The average molecular weight is 269 g/mol. The third kappa shape index (κ3) is 3.41. The van der Waals surface area contributed by atoms with Gasteiger partial charge in [0, 0.05) is 23.7 Å². The lowest BCUT2D eigenvalue weighted by molar-refractivity contribution is -0.110. The first kappa shape index (κ1) is 13.7. The minimum atomic E-state index is -0.237. The first-order chi connectivity index (χ1) is 9.70. The molecule has 0 aromatic carbocycles. The molecule has 0 unspecified atom stereocenters. The Balaban J connectivity index is 2.04. The van der Waals surface area contributed by atoms with Crippen LogP contribution < -0.4 is 10.9 Å². The second-order valence-electron chi connectivity index (χ2n) is 4.17. The van der Waals surface area contributed by atoms with Gasteiger partial charge in [0.15, 0.2) is 5.78 Å². The van der Waals surface area contributed by atoms with Gasteiger partial charge in [0.1, 0.15) is 0 Å². The highest BCUT2D eigenvalue weighted by Crippen LogP contribution is 2.12. The molecule has 1 amide bonds. The predicted molar refractivity (Wildman–Crippen MR) is 75.4 cm³/mol. The molecule has 5 heteroatoms. The van der Waals surface area contributed by atoms with Crippen LogP contribution >= 0.6 is 0 Å². The zero-order valence-electron chi connectivity index (χ0n) is 11.1. The number of hydrogen-bond donors (Lipinski definition) is 2. The Morgan fingerprint density at radius 3 is 2.35 bits per heavy atom. The third-order valence-electron chi connectivity index (χ3n) is 2.83. The topological polar surface area (TPSA) is 71.1 Å². The van der Waals surface area contributed by atoms with Crippen LogP contribution in [0.15, 0.2) is 60.1 Å². The van der Waals surface area contributed by atoms with Crippen molar-refractivity contribution < 1.29 is 9.59 Å². The summed E-state index contributed by atoms with van der Waals surface area (Å²) in [6.45, 7) is 1.96. The monoisotopic (exact) mass is 269 g/mol. The number of amides is 1. The van der Waals surface area contributed by atoms with Crippen molar-refractivity contribution in [1.82, 2.24) is 15.8 Å². The van der Waals surface area contributed by atoms with Gasteiger partial charge in [-0.2, -0.15) is 0 Å². The van der Waals surface area contributed by atoms with Crippen molar-refractivity contribution in [2.75, 3.05) is 0 Å². The first-order valence-electron chi connectivity index (χ1n) is 6.30. The van der Waals surface area contributed by atoms with Gasteiger partial charge < -0.3 is 5.43 Å². The van der Waals surface area contributed by atoms with Crippen LogP contribution in [0.25, 0.3) is 0 Å². The quantitative estimate of drug-likeness (QED) is 0.816. The maximum absolute atomic E-state index is 11.9. The van der Waals surface area contributed by atoms with Crippen molar-refractivity contribution in [3.05, 3.63) is 65.7 Å². The van der Waals surface area contributed by atoms with Crippen molar-refractivity contribution in [2.45, 2.75) is 13.3 Å². The van der Waals surface area contributed by atoms with E-state index in [9.17, 15) is 9.59 Å². The summed E-state index contributed by atoms with van der Waals surface area (Å²) >= 11 is 0. The Kier molecular flexibility index (Phi) is 4.44. The minimum absolute atomic E-state index is 0.0370. The van der Waals surface area contributed by atoms with E-state index in [2.05, 4.69) is 15.8 Å². The van der Waals surface area contributed by atoms with Crippen LogP contribution in [0, 0.1) is 0 Å². The minimum Gasteiger partial charge on any atom is -0.302 e. The van der Waals surface area contributed by atoms with Gasteiger partial charge in [0.05, 0.1) is 0 Å². The summed E-state index contributed by atoms with van der Waals surface area (Å²) in [5.41, 5.74) is 7.77. The summed E-state index contributed by atoms with van der Waals surface area (Å²) in [7, 11) is 0. The van der Waals surface area contributed by atoms with Crippen molar-refractivity contribution >= 4 is 11.7 Å². The largest absolute Gasteiger partial charge is 0.302 e. The number of carbonyl (C=O) groups excluding carboxylic acids is 2. The molecule has 0 saturated heterocycles. The number of allylic oxidation sites excluding steroid dienone is 6. The molecular formula is C15H15N3O2. The summed E-state index contributed by atoms with van der Waals surface area (Å²) in [5.74, 6) is -0.274. The maximum Gasteiger partial charge on any atom is 0.269 e. The summed E-state index contributed by atoms with van der Waals surface area (Å²) in [6.07, 6.45) is 10.3. The molecule has 2 N–H and O–H groups in total. The van der Waals surface area contributed by atoms with E-state index in [1.165, 1.54) is 12.2 Å². The summed E-state index contributed by atoms with van der Waals surface area (Å²) < 4.78 is 0. The average Bonchev–Trinajstić information content (AvgIpc) is 2.50. The van der Waals surface area contributed by atoms with Gasteiger partial charge in [-0.15, -0.1) is 0 Å². The molecule has 5 nitrogen and oxygen atoms in total. The fourth-order valence-electron chi connectivity index (χ4n) is 1.73. The molecule has 0 saturated carbocycles. The number of nitrogens with one attached hydrogen (secondary N) is 2. The highest BCUT2D eigenvalue weighted by atomic mass is 16.2. The number of pyridine rings is 1. The molecule has 0 bridgehead atoms. The Morgan fingerprint density at radius 1 is 1.10 bits per heavy atom. The molecule has 1 heterocycles. The Morgan fingerprint density at radius 2 is 1.75 bits per heavy atom. The molecule has 0 aliphatic heterocycles. The second-order valence-corrected chi connectivity index (χ2v) is 4.17. The maximum atomic E-state index is 11.9. The van der Waals surface area contributed by atoms with E-state index in [0.29, 0.717) is 12.0 Å². The van der Waals surface area contributed by atoms with Crippen LogP contribution in [0.1, 0.15) is 23.7 Å². The standard InChI is InChI=1S/C15H15N3O2/c1-2-14(11-3-5-13(19)6-4-11)17-18-15(20)12-7-9-16-10-8-12/h3-10,17H,2H2,1H3,(H,18,20). The molecular weight excluding hydrogens is 254 g/mol. The van der Waals surface area contributed by atoms with E-state index in [-0.39, 0.29) is 11.7 Å². The molecule has 20 heavy (non-hydrogen) atoms. The number of nitrogens with zero attached hydrogens (tertiary/aromatic N) is 1. The Hall–Kier alpha value is -2.69. The Bertz CT molecular complexity index is 583. The van der Waals surface area contributed by atoms with Crippen LogP contribution in [0.4, 0.5) is 0 Å². The number of hydrazine groups is 1. The molecule has 1 aliphatic rings. The van der Waals surface area contributed by atoms with E-state index < -0.39 is 0 Å². The number of rotatable bonds is 4. The molecule has 1 aliphatic carbocycles. The molecule has 102 valence electrons. The van der Waals surface area contributed by atoms with Crippen LogP contribution in [0.5, 0.6) is 0 Å². The van der Waals surface area contributed by atoms with E-state index in [1.807, 2.05) is 6.92 Å². The SMILES string of the molecule is CCC(NNC(=O)c1ccncc1)=C1C=CC(=O)C=C1. The van der Waals surface area contributed by atoms with E-state index in [4.69, 9.17) is 0 Å². The normalized spacial score (nSPS) is 13.2. The van der Waals surface area contributed by atoms with Crippen molar-refractivity contribution in [3.63, 3.8) is 0 Å². The van der Waals surface area contributed by atoms with Crippen LogP contribution in [-0.2, 0) is 4.79 Å². The van der Waals surface area contributed by atoms with Crippen LogP contribution in [-0.4, -0.2) is 16.7 Å². The third-order valence-corrected chi connectivity index (χ3v) is 2.83. The van der Waals surface area contributed by atoms with Gasteiger partial charge in [0.2, 0.25) is 0 Å². The molecule has 0 atom stereocenters. The highest BCUT2D eigenvalue weighted by molar-refractivity contribution is 6.01. The number of ketones is 1. The lowest BCUT2D eigenvalue weighted by Gasteiger charge is -2.14. The lowest BCUT2D eigenvalue weighted by atomic mass is 10.1. The summed E-state index contributed by atoms with van der Waals surface area (Å²) in [4.78, 5) is 26.8. The Labute approximate surface area is 117 Å². The van der Waals surface area contributed by atoms with Gasteiger partial charge in [-0.3, -0.25) is 20.0 Å². The fourth-order valence-corrected chi connectivity index (χ4v) is 1.73. The molecule has 0 radical (unpaired) electrons. The molecule has 0 spiro atoms. The predicted octanol–water partition coefficient (Wildman–Crippen LogP) is 1.68. The molecule has 1 aromatic heterocycles. The zero-order valence-corrected chi connectivity index (χ0v) is 11.1. The molecule has 2 rings (SSSR count). The summed E-state index contributed by atoms with van der Waals surface area (Å²) in [5, 5.41) is 0. The molecule has 0 fully saturated rings. The smallest absolute Gasteiger partial charge is 0.269 e. The number of hydrogen-bond acceptors (Lipinski definition) is 4. The summed E-state index contributed by atoms with van der Waals surface area (Å²) in [6, 6.07) is 3.27. The highest BCUT2D eigenvalue weighted by Gasteiger charge is 2.07. The van der Waals surface area contributed by atoms with Gasteiger partial charge in [-0.1, -0.05) is 6.92 Å². The van der Waals surface area contributed by atoms with Gasteiger partial charge >= 0.3 is 0 Å². The number of aromatic nitrogens is 1. The van der Waals surface area contributed by atoms with Crippen molar-refractivity contribution in [1.29, 1.82) is 0 Å². The van der Waals surface area contributed by atoms with E-state index in [1.54, 1.807) is 36.7 Å². The van der Waals surface area contributed by atoms with Crippen LogP contribution in [0.2, 0.25) is 0 Å². The van der Waals surface area contributed by atoms with Gasteiger partial charge in [-0.05, 0) is 48.4 Å². The molecule has 1 aromatic rings. The van der Waals surface area contributed by atoms with Crippen LogP contribution in [0.3, 0.4) is 0 Å². The van der Waals surface area contributed by atoms with Gasteiger partial charge in [-0.25, -0.2) is 0 Å². The first-order valence-corrected chi connectivity index (χ1v) is 6.30. The lowest BCUT2D eigenvalue weighted by Crippen LogP contribution is -2.37. The van der Waals surface area contributed by atoms with E-state index in [0.717, 1.165) is 11.3 Å². The second kappa shape index (κ2) is 6.47. The number of carbonyl (C=O) groups is 2. The van der Waals surface area contributed by atoms with Crippen molar-refractivity contribution in [3.8, 4) is 0 Å². The fraction of sp³-hybridized carbons (Fsp3) is 0.133. The van der Waals surface area contributed by atoms with E-state index >= 15 is 0 Å². The van der Waals surface area contributed by atoms with Crippen molar-refractivity contribution in [2.24, 2.45) is 0 Å². The zero-order chi connectivity index (χ0) is 14.4. The van der Waals surface area contributed by atoms with Gasteiger partial charge in [0.25, 0.3) is 5.91 Å².